The van der Waals surface area contributed by atoms with E-state index in [9.17, 15) is 29.1 Å². The van der Waals surface area contributed by atoms with Crippen LogP contribution in [0.25, 0.3) is 0 Å². The number of nitrogens with zero attached hydrogens (tertiary/aromatic N) is 4. The van der Waals surface area contributed by atoms with E-state index in [1.807, 2.05) is 149 Å². The fourth-order valence-electron chi connectivity index (χ4n) is 6.88. The van der Waals surface area contributed by atoms with E-state index in [1.165, 1.54) is 14.7 Å². The first-order valence-electron chi connectivity index (χ1n) is 19.9. The zero-order chi connectivity index (χ0) is 42.4. The van der Waals surface area contributed by atoms with E-state index in [0.29, 0.717) is 0 Å². The van der Waals surface area contributed by atoms with Gasteiger partial charge in [0.25, 0.3) is 0 Å². The van der Waals surface area contributed by atoms with Crippen LogP contribution in [0.3, 0.4) is 0 Å². The molecule has 0 radical (unpaired) electrons. The van der Waals surface area contributed by atoms with Crippen molar-refractivity contribution < 1.29 is 33.8 Å². The predicted molar refractivity (Wildman–Crippen MR) is 224 cm³/mol. The Hall–Kier alpha value is -5.97. The maximum Gasteiger partial charge on any atom is 0.411 e. The first-order chi connectivity index (χ1) is 27.6. The Labute approximate surface area is 343 Å². The number of rotatable bonds is 18. The van der Waals surface area contributed by atoms with Crippen molar-refractivity contribution in [3.8, 4) is 0 Å². The molecule has 0 fully saturated rings. The predicted octanol–water partition coefficient (Wildman–Crippen LogP) is 8.62. The molecule has 0 heterocycles. The molecule has 0 aliphatic heterocycles. The minimum absolute atomic E-state index is 0.00898. The highest BCUT2D eigenvalue weighted by molar-refractivity contribution is 5.87. The zero-order valence-corrected chi connectivity index (χ0v) is 34.8. The molecule has 4 rings (SSSR count). The van der Waals surface area contributed by atoms with Gasteiger partial charge in [-0.2, -0.15) is 0 Å². The van der Waals surface area contributed by atoms with Crippen molar-refractivity contribution in [1.29, 1.82) is 0 Å². The molecule has 0 aromatic heterocycles. The van der Waals surface area contributed by atoms with Crippen molar-refractivity contribution >= 4 is 29.8 Å². The van der Waals surface area contributed by atoms with Crippen molar-refractivity contribution in [2.75, 3.05) is 26.2 Å². The number of carboxylic acid groups (broad SMARTS) is 1. The summed E-state index contributed by atoms with van der Waals surface area (Å²) in [6.07, 6.45) is -1.03. The molecule has 4 aromatic carbocycles. The number of amides is 4. The molecule has 11 nitrogen and oxygen atoms in total. The minimum Gasteiger partial charge on any atom is -0.481 e. The quantitative estimate of drug-likeness (QED) is 0.107. The van der Waals surface area contributed by atoms with Gasteiger partial charge in [0.2, 0.25) is 17.7 Å². The van der Waals surface area contributed by atoms with Gasteiger partial charge in [-0.15, -0.1) is 0 Å². The average molecular weight is 791 g/mol. The van der Waals surface area contributed by atoms with Crippen LogP contribution in [0.2, 0.25) is 0 Å². The highest BCUT2D eigenvalue weighted by atomic mass is 16.6. The normalized spacial score (nSPS) is 13.3. The molecule has 0 bridgehead atoms. The van der Waals surface area contributed by atoms with Gasteiger partial charge in [-0.3, -0.25) is 24.1 Å². The van der Waals surface area contributed by atoms with E-state index >= 15 is 0 Å². The molecule has 11 heteroatoms. The Morgan fingerprint density at radius 2 is 0.793 bits per heavy atom. The Bertz CT molecular complexity index is 1940. The lowest BCUT2D eigenvalue weighted by Crippen LogP contribution is -2.48. The third-order valence-corrected chi connectivity index (χ3v) is 10.3. The van der Waals surface area contributed by atoms with Gasteiger partial charge in [-0.1, -0.05) is 121 Å². The van der Waals surface area contributed by atoms with E-state index in [0.717, 1.165) is 22.3 Å². The van der Waals surface area contributed by atoms with Crippen LogP contribution in [0.4, 0.5) is 4.79 Å². The molecule has 0 saturated carbocycles. The van der Waals surface area contributed by atoms with Gasteiger partial charge in [0.15, 0.2) is 0 Å². The number of hydrogen-bond acceptors (Lipinski definition) is 6. The van der Waals surface area contributed by atoms with Gasteiger partial charge < -0.3 is 24.5 Å². The number of carboxylic acids is 1. The first kappa shape index (κ1) is 44.7. The summed E-state index contributed by atoms with van der Waals surface area (Å²) in [7, 11) is 0. The van der Waals surface area contributed by atoms with Crippen molar-refractivity contribution in [3.63, 3.8) is 0 Å². The van der Waals surface area contributed by atoms with Crippen LogP contribution in [-0.2, 0) is 23.9 Å². The standard InChI is InChI=1S/C47H58N4O7/c1-34(38-20-12-8-13-21-38)48(44(54)33-51(46(57)58-47(5,6)7)37(4)41-26-18-11-19-27-41)30-28-42(52)50(36(3)40-24-16-10-17-25-40)32-43(53)49(31-29-45(55)56)35(2)39-22-14-9-15-23-39/h8-27,34-37H,28-33H2,1-7H3,(H,55,56)/t34-,35-,36-,37-/m0/s1. The maximum atomic E-state index is 14.6. The summed E-state index contributed by atoms with van der Waals surface area (Å²) in [5.41, 5.74) is 2.51. The van der Waals surface area contributed by atoms with E-state index < -0.39 is 47.7 Å². The second-order valence-corrected chi connectivity index (χ2v) is 15.5. The summed E-state index contributed by atoms with van der Waals surface area (Å²) in [5, 5.41) is 9.56. The lowest BCUT2D eigenvalue weighted by atomic mass is 10.0. The fraction of sp³-hybridized carbons (Fsp3) is 0.383. The summed E-state index contributed by atoms with van der Waals surface area (Å²) in [4.78, 5) is 74.8. The molecule has 1 N–H and O–H groups in total. The molecule has 0 aliphatic carbocycles. The Morgan fingerprint density at radius 3 is 1.14 bits per heavy atom. The largest absolute Gasteiger partial charge is 0.481 e. The zero-order valence-electron chi connectivity index (χ0n) is 34.8. The smallest absolute Gasteiger partial charge is 0.411 e. The highest BCUT2D eigenvalue weighted by Gasteiger charge is 2.34. The molecule has 0 unspecified atom stereocenters. The van der Waals surface area contributed by atoms with Crippen molar-refractivity contribution in [3.05, 3.63) is 144 Å². The molecule has 0 aliphatic rings. The number of benzene rings is 4. The van der Waals surface area contributed by atoms with Crippen LogP contribution >= 0.6 is 0 Å². The van der Waals surface area contributed by atoms with Crippen molar-refractivity contribution in [2.24, 2.45) is 0 Å². The number of carbonyl (C=O) groups excluding carboxylic acids is 4. The number of carbonyl (C=O) groups is 5. The van der Waals surface area contributed by atoms with Crippen molar-refractivity contribution in [1.82, 2.24) is 19.6 Å². The van der Waals surface area contributed by atoms with Crippen molar-refractivity contribution in [2.45, 2.75) is 91.1 Å². The highest BCUT2D eigenvalue weighted by Crippen LogP contribution is 2.28. The molecule has 4 aromatic rings. The van der Waals surface area contributed by atoms with Gasteiger partial charge in [0.05, 0.1) is 30.6 Å². The van der Waals surface area contributed by atoms with E-state index in [1.54, 1.807) is 25.7 Å². The van der Waals surface area contributed by atoms with Crippen LogP contribution in [0.5, 0.6) is 0 Å². The Kier molecular flexibility index (Phi) is 16.2. The summed E-state index contributed by atoms with van der Waals surface area (Å²) in [6.45, 7) is 12.1. The van der Waals surface area contributed by atoms with Gasteiger partial charge in [0.1, 0.15) is 18.7 Å². The van der Waals surface area contributed by atoms with Gasteiger partial charge in [-0.25, -0.2) is 4.79 Å². The molecule has 308 valence electrons. The van der Waals surface area contributed by atoms with E-state index in [2.05, 4.69) is 0 Å². The number of hydrogen-bond donors (Lipinski definition) is 1. The SMILES string of the molecule is C[C@@H](c1ccccc1)N(CCC(=O)O)C(=O)CN(C(=O)CCN(C(=O)CN(C(=O)OC(C)(C)C)[C@@H](C)c1ccccc1)[C@@H](C)c1ccccc1)[C@@H](C)c1ccccc1. The fourth-order valence-corrected chi connectivity index (χ4v) is 6.88. The number of aliphatic carboxylic acids is 1. The second-order valence-electron chi connectivity index (χ2n) is 15.5. The van der Waals surface area contributed by atoms with Gasteiger partial charge in [0, 0.05) is 19.5 Å². The third kappa shape index (κ3) is 12.8. The summed E-state index contributed by atoms with van der Waals surface area (Å²) < 4.78 is 5.78. The Morgan fingerprint density at radius 1 is 0.483 bits per heavy atom. The summed E-state index contributed by atoms with van der Waals surface area (Å²) >= 11 is 0. The monoisotopic (exact) mass is 790 g/mol. The first-order valence-corrected chi connectivity index (χ1v) is 19.9. The molecule has 0 spiro atoms. The number of ether oxygens (including phenoxy) is 1. The average Bonchev–Trinajstić information content (AvgIpc) is 3.21. The Balaban J connectivity index is 1.66. The molecule has 58 heavy (non-hydrogen) atoms. The van der Waals surface area contributed by atoms with Crippen LogP contribution < -0.4 is 0 Å². The van der Waals surface area contributed by atoms with Crippen LogP contribution in [0.15, 0.2) is 121 Å². The second kappa shape index (κ2) is 21.0. The molecular formula is C47H58N4O7. The lowest BCUT2D eigenvalue weighted by Gasteiger charge is -2.36. The molecular weight excluding hydrogens is 733 g/mol. The van der Waals surface area contributed by atoms with Crippen LogP contribution in [0, 0.1) is 0 Å². The summed E-state index contributed by atoms with van der Waals surface area (Å²) in [6, 6.07) is 35.6. The molecule has 0 saturated heterocycles. The summed E-state index contributed by atoms with van der Waals surface area (Å²) in [5.74, 6) is -2.19. The molecule has 4 atom stereocenters. The third-order valence-electron chi connectivity index (χ3n) is 10.3. The van der Waals surface area contributed by atoms with Gasteiger partial charge >= 0.3 is 12.1 Å². The van der Waals surface area contributed by atoms with Gasteiger partial charge in [-0.05, 0) is 70.7 Å². The maximum absolute atomic E-state index is 14.6. The lowest BCUT2D eigenvalue weighted by molar-refractivity contribution is -0.146. The van der Waals surface area contributed by atoms with E-state index in [-0.39, 0.29) is 50.8 Å². The van der Waals surface area contributed by atoms with E-state index in [4.69, 9.17) is 4.74 Å². The topological polar surface area (TPSA) is 128 Å². The van der Waals surface area contributed by atoms with Crippen LogP contribution in [-0.4, -0.2) is 86.3 Å². The minimum atomic E-state index is -1.04. The molecule has 4 amide bonds. The van der Waals surface area contributed by atoms with Crippen LogP contribution in [0.1, 0.15) is 108 Å².